The Morgan fingerprint density at radius 1 is 1.04 bits per heavy atom. The van der Waals surface area contributed by atoms with Crippen LogP contribution in [0.1, 0.15) is 16.1 Å². The predicted molar refractivity (Wildman–Crippen MR) is 101 cm³/mol. The van der Waals surface area contributed by atoms with E-state index in [1.165, 1.54) is 12.4 Å². The summed E-state index contributed by atoms with van der Waals surface area (Å²) in [5.41, 5.74) is 1.56. The van der Waals surface area contributed by atoms with Crippen LogP contribution in [0.2, 0.25) is 10.0 Å². The third-order valence-electron chi connectivity index (χ3n) is 3.39. The van der Waals surface area contributed by atoms with E-state index in [2.05, 4.69) is 26.7 Å². The van der Waals surface area contributed by atoms with Gasteiger partial charge in [0.1, 0.15) is 23.9 Å². The predicted octanol–water partition coefficient (Wildman–Crippen LogP) is 4.65. The van der Waals surface area contributed by atoms with Crippen LogP contribution in [0.4, 0.5) is 17.2 Å². The second kappa shape index (κ2) is 7.83. The van der Waals surface area contributed by atoms with Crippen molar-refractivity contribution >= 4 is 46.3 Å². The summed E-state index contributed by atoms with van der Waals surface area (Å²) in [7, 11) is 0. The van der Waals surface area contributed by atoms with Gasteiger partial charge in [0.05, 0.1) is 22.0 Å². The zero-order chi connectivity index (χ0) is 18.5. The van der Waals surface area contributed by atoms with Crippen molar-refractivity contribution in [3.8, 4) is 6.07 Å². The SMILES string of the molecule is N#Cc1ccccc1Nc1cc(C(=O)Nc2cc(Cl)ccc2Cl)ncn1. The Morgan fingerprint density at radius 2 is 1.85 bits per heavy atom. The van der Waals surface area contributed by atoms with Crippen molar-refractivity contribution in [3.63, 3.8) is 0 Å². The number of anilines is 3. The lowest BCUT2D eigenvalue weighted by atomic mass is 10.2. The number of carbonyl (C=O) groups excluding carboxylic acids is 1. The van der Waals surface area contributed by atoms with Gasteiger partial charge in [-0.25, -0.2) is 9.97 Å². The maximum atomic E-state index is 12.4. The Bertz CT molecular complexity index is 1020. The second-order valence-corrected chi connectivity index (χ2v) is 5.99. The second-order valence-electron chi connectivity index (χ2n) is 5.15. The van der Waals surface area contributed by atoms with Gasteiger partial charge in [0, 0.05) is 11.1 Å². The van der Waals surface area contributed by atoms with E-state index in [1.807, 2.05) is 0 Å². The average molecular weight is 384 g/mol. The van der Waals surface area contributed by atoms with Crippen LogP contribution in [0.3, 0.4) is 0 Å². The molecular formula is C18H11Cl2N5O. The van der Waals surface area contributed by atoms with Crippen LogP contribution in [0.25, 0.3) is 0 Å². The minimum absolute atomic E-state index is 0.132. The maximum Gasteiger partial charge on any atom is 0.274 e. The first-order valence-corrected chi connectivity index (χ1v) is 8.17. The van der Waals surface area contributed by atoms with Crippen molar-refractivity contribution in [3.05, 3.63) is 76.2 Å². The zero-order valence-electron chi connectivity index (χ0n) is 13.2. The summed E-state index contributed by atoms with van der Waals surface area (Å²) < 4.78 is 0. The first kappa shape index (κ1) is 17.7. The van der Waals surface area contributed by atoms with E-state index in [0.29, 0.717) is 32.8 Å². The number of amides is 1. The molecule has 0 bridgehead atoms. The highest BCUT2D eigenvalue weighted by atomic mass is 35.5. The number of hydrogen-bond acceptors (Lipinski definition) is 5. The van der Waals surface area contributed by atoms with Gasteiger partial charge in [-0.1, -0.05) is 35.3 Å². The van der Waals surface area contributed by atoms with E-state index >= 15 is 0 Å². The molecule has 26 heavy (non-hydrogen) atoms. The van der Waals surface area contributed by atoms with Crippen molar-refractivity contribution in [2.24, 2.45) is 0 Å². The number of halogens is 2. The van der Waals surface area contributed by atoms with Crippen LogP contribution in [-0.2, 0) is 0 Å². The third kappa shape index (κ3) is 4.09. The van der Waals surface area contributed by atoms with Crippen LogP contribution in [-0.4, -0.2) is 15.9 Å². The van der Waals surface area contributed by atoms with Crippen molar-refractivity contribution in [1.82, 2.24) is 9.97 Å². The highest BCUT2D eigenvalue weighted by molar-refractivity contribution is 6.35. The number of nitrogens with zero attached hydrogens (tertiary/aromatic N) is 3. The van der Waals surface area contributed by atoms with E-state index in [4.69, 9.17) is 28.5 Å². The lowest BCUT2D eigenvalue weighted by Crippen LogP contribution is -2.14. The Morgan fingerprint density at radius 3 is 2.65 bits per heavy atom. The van der Waals surface area contributed by atoms with E-state index in [0.717, 1.165) is 0 Å². The normalized spacial score (nSPS) is 10.0. The van der Waals surface area contributed by atoms with Crippen LogP contribution >= 0.6 is 23.2 Å². The molecule has 1 amide bonds. The molecule has 0 saturated carbocycles. The monoisotopic (exact) mass is 383 g/mol. The van der Waals surface area contributed by atoms with Crippen molar-refractivity contribution in [2.45, 2.75) is 0 Å². The number of nitrogens with one attached hydrogen (secondary N) is 2. The Labute approximate surface area is 159 Å². The number of hydrogen-bond donors (Lipinski definition) is 2. The maximum absolute atomic E-state index is 12.4. The van der Waals surface area contributed by atoms with Gasteiger partial charge >= 0.3 is 0 Å². The summed E-state index contributed by atoms with van der Waals surface area (Å²) in [4.78, 5) is 20.5. The minimum atomic E-state index is -0.465. The molecule has 0 aliphatic carbocycles. The van der Waals surface area contributed by atoms with Crippen LogP contribution in [0.5, 0.6) is 0 Å². The summed E-state index contributed by atoms with van der Waals surface area (Å²) in [6.45, 7) is 0. The van der Waals surface area contributed by atoms with Gasteiger partial charge < -0.3 is 10.6 Å². The Kier molecular flexibility index (Phi) is 5.32. The summed E-state index contributed by atoms with van der Waals surface area (Å²) in [5.74, 6) is -0.0850. The molecule has 0 aliphatic rings. The molecule has 2 aromatic carbocycles. The van der Waals surface area contributed by atoms with Crippen molar-refractivity contribution < 1.29 is 4.79 Å². The number of rotatable bonds is 4. The lowest BCUT2D eigenvalue weighted by molar-refractivity contribution is 0.102. The number of para-hydroxylation sites is 1. The fourth-order valence-corrected chi connectivity index (χ4v) is 2.49. The number of benzene rings is 2. The molecule has 2 N–H and O–H groups in total. The molecule has 6 nitrogen and oxygen atoms in total. The molecule has 3 aromatic rings. The van der Waals surface area contributed by atoms with Gasteiger partial charge in [-0.3, -0.25) is 4.79 Å². The lowest BCUT2D eigenvalue weighted by Gasteiger charge is -2.09. The molecule has 0 aliphatic heterocycles. The summed E-state index contributed by atoms with van der Waals surface area (Å²) in [5, 5.41) is 15.6. The zero-order valence-corrected chi connectivity index (χ0v) is 14.7. The molecular weight excluding hydrogens is 373 g/mol. The van der Waals surface area contributed by atoms with Gasteiger partial charge in [-0.05, 0) is 30.3 Å². The molecule has 0 atom stereocenters. The van der Waals surface area contributed by atoms with E-state index in [1.54, 1.807) is 42.5 Å². The van der Waals surface area contributed by atoms with Gasteiger partial charge in [0.15, 0.2) is 0 Å². The smallest absolute Gasteiger partial charge is 0.274 e. The largest absolute Gasteiger partial charge is 0.339 e. The average Bonchev–Trinajstić information content (AvgIpc) is 2.65. The molecule has 3 rings (SSSR count). The van der Waals surface area contributed by atoms with Crippen LogP contribution < -0.4 is 10.6 Å². The van der Waals surface area contributed by atoms with Gasteiger partial charge in [0.2, 0.25) is 0 Å². The summed E-state index contributed by atoms with van der Waals surface area (Å²) >= 11 is 12.0. The standard InChI is InChI=1S/C18H11Cl2N5O/c19-12-5-6-13(20)15(7-12)25-18(26)16-8-17(23-10-22-16)24-14-4-2-1-3-11(14)9-21/h1-8,10H,(H,25,26)(H,22,23,24). The molecule has 0 saturated heterocycles. The first-order chi connectivity index (χ1) is 12.6. The van der Waals surface area contributed by atoms with Gasteiger partial charge in [-0.2, -0.15) is 5.26 Å². The quantitative estimate of drug-likeness (QED) is 0.683. The fraction of sp³-hybridized carbons (Fsp3) is 0. The van der Waals surface area contributed by atoms with Crippen LogP contribution in [0, 0.1) is 11.3 Å². The molecule has 0 fully saturated rings. The molecule has 1 aromatic heterocycles. The molecule has 1 heterocycles. The van der Waals surface area contributed by atoms with Crippen molar-refractivity contribution in [2.75, 3.05) is 10.6 Å². The van der Waals surface area contributed by atoms with E-state index < -0.39 is 5.91 Å². The molecule has 0 radical (unpaired) electrons. The molecule has 8 heteroatoms. The third-order valence-corrected chi connectivity index (χ3v) is 3.95. The molecule has 0 spiro atoms. The highest BCUT2D eigenvalue weighted by Gasteiger charge is 2.12. The highest BCUT2D eigenvalue weighted by Crippen LogP contribution is 2.26. The van der Waals surface area contributed by atoms with Crippen LogP contribution in [0.15, 0.2) is 54.9 Å². The Balaban J connectivity index is 1.82. The number of carbonyl (C=O) groups is 1. The summed E-state index contributed by atoms with van der Waals surface area (Å²) in [6, 6.07) is 15.3. The van der Waals surface area contributed by atoms with Gasteiger partial charge in [-0.15, -0.1) is 0 Å². The first-order valence-electron chi connectivity index (χ1n) is 7.41. The summed E-state index contributed by atoms with van der Waals surface area (Å²) in [6.07, 6.45) is 1.26. The van der Waals surface area contributed by atoms with E-state index in [9.17, 15) is 4.79 Å². The number of nitriles is 1. The topological polar surface area (TPSA) is 90.7 Å². The minimum Gasteiger partial charge on any atom is -0.339 e. The Hall–Kier alpha value is -3.14. The number of aromatic nitrogens is 2. The van der Waals surface area contributed by atoms with Gasteiger partial charge in [0.25, 0.3) is 5.91 Å². The van der Waals surface area contributed by atoms with E-state index in [-0.39, 0.29) is 5.69 Å². The fourth-order valence-electron chi connectivity index (χ4n) is 2.16. The van der Waals surface area contributed by atoms with Crippen molar-refractivity contribution in [1.29, 1.82) is 5.26 Å². The molecule has 0 unspecified atom stereocenters. The molecule has 128 valence electrons.